The van der Waals surface area contributed by atoms with Crippen molar-refractivity contribution in [2.45, 2.75) is 11.4 Å². The highest BCUT2D eigenvalue weighted by molar-refractivity contribution is 7.89. The molecule has 26 heavy (non-hydrogen) atoms. The minimum Gasteiger partial charge on any atom is -0.486 e. The largest absolute Gasteiger partial charge is 0.486 e. The molecule has 1 aliphatic heterocycles. The lowest BCUT2D eigenvalue weighted by Crippen LogP contribution is -2.20. The van der Waals surface area contributed by atoms with Gasteiger partial charge in [0.15, 0.2) is 10.8 Å². The Morgan fingerprint density at radius 3 is 2.81 bits per heavy atom. The molecule has 3 aromatic rings. The van der Waals surface area contributed by atoms with Gasteiger partial charge in [0, 0.05) is 18.2 Å². The Morgan fingerprint density at radius 2 is 2.08 bits per heavy atom. The van der Waals surface area contributed by atoms with Crippen LogP contribution < -0.4 is 9.88 Å². The fourth-order valence-corrected chi connectivity index (χ4v) is 3.50. The quantitative estimate of drug-likeness (QED) is 0.655. The Bertz CT molecular complexity index is 1110. The molecule has 0 saturated heterocycles. The van der Waals surface area contributed by atoms with E-state index < -0.39 is 10.0 Å². The molecule has 0 spiro atoms. The zero-order valence-corrected chi connectivity index (χ0v) is 14.0. The lowest BCUT2D eigenvalue weighted by atomic mass is 9.97. The first-order valence-electron chi connectivity index (χ1n) is 7.47. The number of Topliss-reactive ketones (excluding diaryl/α,β-unsaturated/α-hetero) is 1. The highest BCUT2D eigenvalue weighted by Crippen LogP contribution is 2.36. The van der Waals surface area contributed by atoms with E-state index in [2.05, 4.69) is 25.6 Å². The van der Waals surface area contributed by atoms with Crippen molar-refractivity contribution in [3.8, 4) is 28.3 Å². The number of carbonyl (C=O) groups excluding carboxylic acids is 1. The van der Waals surface area contributed by atoms with Gasteiger partial charge in [-0.05, 0) is 28.5 Å². The van der Waals surface area contributed by atoms with Crippen LogP contribution in [0.3, 0.4) is 0 Å². The number of benzene rings is 1. The van der Waals surface area contributed by atoms with E-state index >= 15 is 0 Å². The van der Waals surface area contributed by atoms with Gasteiger partial charge >= 0.3 is 0 Å². The molecule has 0 bridgehead atoms. The van der Waals surface area contributed by atoms with Gasteiger partial charge in [0.2, 0.25) is 5.82 Å². The summed E-state index contributed by atoms with van der Waals surface area (Å²) in [5, 5.41) is 18.4. The van der Waals surface area contributed by atoms with Gasteiger partial charge in [-0.1, -0.05) is 12.1 Å². The summed E-state index contributed by atoms with van der Waals surface area (Å²) in [6.45, 7) is 0.00687. The van der Waals surface area contributed by atoms with Crippen LogP contribution in [-0.4, -0.2) is 46.4 Å². The van der Waals surface area contributed by atoms with Gasteiger partial charge in [-0.15, -0.1) is 10.2 Å². The standard InChI is InChI=1S/C15H12N6O4S/c16-26(23,24)15-13(14-18-20-21-19-14)11(3-4-17-15)8-1-2-9-5-10(22)7-25-12(9)6-8/h1-4,6H,5,7H2,(H2,16,23,24)(H,18,19,20,21). The number of primary sulfonamides is 1. The first kappa shape index (κ1) is 16.3. The molecule has 0 amide bonds. The molecular formula is C15H12N6O4S. The molecule has 1 aliphatic rings. The Kier molecular flexibility index (Phi) is 3.74. The molecule has 0 unspecified atom stereocenters. The number of pyridine rings is 1. The summed E-state index contributed by atoms with van der Waals surface area (Å²) < 4.78 is 29.4. The molecule has 3 N–H and O–H groups in total. The van der Waals surface area contributed by atoms with E-state index in [0.717, 1.165) is 5.56 Å². The maximum atomic E-state index is 12.0. The molecular weight excluding hydrogens is 360 g/mol. The fourth-order valence-electron chi connectivity index (χ4n) is 2.81. The Morgan fingerprint density at radius 1 is 1.23 bits per heavy atom. The van der Waals surface area contributed by atoms with Gasteiger partial charge in [-0.25, -0.2) is 18.5 Å². The first-order chi connectivity index (χ1) is 12.4. The van der Waals surface area contributed by atoms with Crippen LogP contribution in [0.1, 0.15) is 5.56 Å². The van der Waals surface area contributed by atoms with Crippen molar-refractivity contribution in [2.75, 3.05) is 6.61 Å². The fraction of sp³-hybridized carbons (Fsp3) is 0.133. The topological polar surface area (TPSA) is 154 Å². The highest BCUT2D eigenvalue weighted by Gasteiger charge is 2.25. The van der Waals surface area contributed by atoms with Crippen molar-refractivity contribution < 1.29 is 17.9 Å². The molecule has 0 saturated carbocycles. The van der Waals surface area contributed by atoms with Crippen molar-refractivity contribution in [3.63, 3.8) is 0 Å². The summed E-state index contributed by atoms with van der Waals surface area (Å²) in [6, 6.07) is 6.87. The third-order valence-corrected chi connectivity index (χ3v) is 4.76. The maximum absolute atomic E-state index is 12.0. The molecule has 0 aliphatic carbocycles. The molecule has 132 valence electrons. The average molecular weight is 372 g/mol. The van der Waals surface area contributed by atoms with Gasteiger partial charge in [0.1, 0.15) is 12.4 Å². The summed E-state index contributed by atoms with van der Waals surface area (Å²) in [5.74, 6) is 0.610. The summed E-state index contributed by atoms with van der Waals surface area (Å²) in [6.07, 6.45) is 1.63. The third-order valence-electron chi connectivity index (χ3n) is 3.91. The number of rotatable bonds is 3. The van der Waals surface area contributed by atoms with Crippen LogP contribution in [-0.2, 0) is 21.2 Å². The predicted octanol–water partition coefficient (Wildman–Crippen LogP) is 0.0801. The normalized spacial score (nSPS) is 14.0. The summed E-state index contributed by atoms with van der Waals surface area (Å²) >= 11 is 0. The van der Waals surface area contributed by atoms with Gasteiger partial charge in [0.25, 0.3) is 10.0 Å². The average Bonchev–Trinajstić information content (AvgIpc) is 3.14. The van der Waals surface area contributed by atoms with E-state index in [9.17, 15) is 13.2 Å². The van der Waals surface area contributed by atoms with Crippen molar-refractivity contribution in [1.29, 1.82) is 0 Å². The van der Waals surface area contributed by atoms with Crippen LogP contribution in [0.2, 0.25) is 0 Å². The number of hydrogen-bond acceptors (Lipinski definition) is 8. The number of aromatic nitrogens is 5. The second-order valence-electron chi connectivity index (χ2n) is 5.65. The lowest BCUT2D eigenvalue weighted by Gasteiger charge is -2.18. The van der Waals surface area contributed by atoms with Crippen LogP contribution in [0, 0.1) is 0 Å². The van der Waals surface area contributed by atoms with E-state index in [1.165, 1.54) is 6.20 Å². The predicted molar refractivity (Wildman–Crippen MR) is 88.4 cm³/mol. The summed E-state index contributed by atoms with van der Waals surface area (Å²) in [7, 11) is -4.12. The first-order valence-corrected chi connectivity index (χ1v) is 9.01. The molecule has 1 aromatic carbocycles. The Hall–Kier alpha value is -3.18. The van der Waals surface area contributed by atoms with Crippen molar-refractivity contribution in [3.05, 3.63) is 36.0 Å². The van der Waals surface area contributed by atoms with E-state index in [-0.39, 0.29) is 28.8 Å². The number of H-pyrrole nitrogens is 1. The number of nitrogens with zero attached hydrogens (tertiary/aromatic N) is 4. The number of fused-ring (bicyclic) bond motifs is 1. The molecule has 0 radical (unpaired) electrons. The van der Waals surface area contributed by atoms with Crippen molar-refractivity contribution in [1.82, 2.24) is 25.6 Å². The molecule has 0 fully saturated rings. The number of carbonyl (C=O) groups is 1. The zero-order valence-electron chi connectivity index (χ0n) is 13.2. The van der Waals surface area contributed by atoms with Crippen LogP contribution in [0.4, 0.5) is 0 Å². The van der Waals surface area contributed by atoms with Crippen molar-refractivity contribution in [2.24, 2.45) is 5.14 Å². The number of sulfonamides is 1. The molecule has 11 heteroatoms. The highest BCUT2D eigenvalue weighted by atomic mass is 32.2. The monoisotopic (exact) mass is 372 g/mol. The Labute approximate surface area is 147 Å². The minimum absolute atomic E-state index is 0.00170. The van der Waals surface area contributed by atoms with Gasteiger partial charge in [0.05, 0.1) is 5.56 Å². The van der Waals surface area contributed by atoms with E-state index in [1.54, 1.807) is 24.3 Å². The van der Waals surface area contributed by atoms with E-state index in [0.29, 0.717) is 23.3 Å². The second kappa shape index (κ2) is 5.97. The number of nitrogens with one attached hydrogen (secondary N) is 1. The van der Waals surface area contributed by atoms with Crippen LogP contribution in [0.5, 0.6) is 5.75 Å². The molecule has 2 aromatic heterocycles. The minimum atomic E-state index is -4.12. The Balaban J connectivity index is 1.94. The van der Waals surface area contributed by atoms with Crippen LogP contribution in [0.15, 0.2) is 35.5 Å². The lowest BCUT2D eigenvalue weighted by molar-refractivity contribution is -0.121. The second-order valence-corrected chi connectivity index (χ2v) is 7.12. The van der Waals surface area contributed by atoms with Crippen molar-refractivity contribution >= 4 is 15.8 Å². The molecule has 0 atom stereocenters. The number of aromatic amines is 1. The number of ether oxygens (including phenoxy) is 1. The third kappa shape index (κ3) is 2.82. The number of hydrogen-bond donors (Lipinski definition) is 2. The van der Waals surface area contributed by atoms with Gasteiger partial charge in [-0.2, -0.15) is 5.21 Å². The smallest absolute Gasteiger partial charge is 0.256 e. The number of ketones is 1. The summed E-state index contributed by atoms with van der Waals surface area (Å²) in [4.78, 5) is 15.4. The SMILES string of the molecule is NS(=O)(=O)c1nccc(-c2ccc3c(c2)OCC(=O)C3)c1-c1nn[nH]n1. The van der Waals surface area contributed by atoms with Gasteiger partial charge < -0.3 is 4.74 Å². The van der Waals surface area contributed by atoms with E-state index in [4.69, 9.17) is 9.88 Å². The van der Waals surface area contributed by atoms with Crippen LogP contribution in [0.25, 0.3) is 22.5 Å². The summed E-state index contributed by atoms with van der Waals surface area (Å²) in [5.41, 5.74) is 2.04. The maximum Gasteiger partial charge on any atom is 0.256 e. The zero-order chi connectivity index (χ0) is 18.3. The molecule has 10 nitrogen and oxygen atoms in total. The van der Waals surface area contributed by atoms with Gasteiger partial charge in [-0.3, -0.25) is 4.79 Å². The van der Waals surface area contributed by atoms with E-state index in [1.807, 2.05) is 0 Å². The number of nitrogens with two attached hydrogens (primary N) is 1. The number of tetrazole rings is 1. The van der Waals surface area contributed by atoms with Crippen LogP contribution >= 0.6 is 0 Å². The molecule has 3 heterocycles. The molecule has 4 rings (SSSR count).